The quantitative estimate of drug-likeness (QED) is 0.635. The molecule has 0 aromatic heterocycles. The first-order valence-electron chi connectivity index (χ1n) is 10.2. The highest BCUT2D eigenvalue weighted by Gasteiger charge is 2.34. The molecule has 0 saturated carbocycles. The zero-order valence-electron chi connectivity index (χ0n) is 17.9. The van der Waals surface area contributed by atoms with Crippen molar-refractivity contribution in [1.82, 2.24) is 9.62 Å². The van der Waals surface area contributed by atoms with Gasteiger partial charge in [-0.2, -0.15) is 4.31 Å². The van der Waals surface area contributed by atoms with Crippen LogP contribution in [0.5, 0.6) is 5.75 Å². The van der Waals surface area contributed by atoms with Crippen molar-refractivity contribution in [2.24, 2.45) is 5.92 Å². The van der Waals surface area contributed by atoms with Gasteiger partial charge in [0, 0.05) is 23.8 Å². The van der Waals surface area contributed by atoms with Crippen molar-refractivity contribution < 1.29 is 22.7 Å². The van der Waals surface area contributed by atoms with Gasteiger partial charge < -0.3 is 15.4 Å². The number of carbonyl (C=O) groups excluding carboxylic acids is 2. The number of hydrogen-bond donors (Lipinski definition) is 2. The lowest BCUT2D eigenvalue weighted by molar-refractivity contribution is -0.129. The number of sulfonamides is 1. The van der Waals surface area contributed by atoms with Gasteiger partial charge in [0.2, 0.25) is 21.8 Å². The van der Waals surface area contributed by atoms with Crippen molar-refractivity contribution in [2.45, 2.75) is 30.7 Å². The van der Waals surface area contributed by atoms with Crippen LogP contribution in [0.2, 0.25) is 5.02 Å². The number of methoxy groups -OCH3 is 1. The lowest BCUT2D eigenvalue weighted by Crippen LogP contribution is -2.49. The van der Waals surface area contributed by atoms with Gasteiger partial charge in [0.05, 0.1) is 17.9 Å². The van der Waals surface area contributed by atoms with Gasteiger partial charge in [-0.3, -0.25) is 9.59 Å². The van der Waals surface area contributed by atoms with E-state index in [9.17, 15) is 18.0 Å². The fraction of sp³-hybridized carbons (Fsp3) is 0.364. The summed E-state index contributed by atoms with van der Waals surface area (Å²) in [7, 11) is -2.23. The summed E-state index contributed by atoms with van der Waals surface area (Å²) in [5.74, 6) is -0.703. The summed E-state index contributed by atoms with van der Waals surface area (Å²) >= 11 is 5.84. The summed E-state index contributed by atoms with van der Waals surface area (Å²) in [5.41, 5.74) is 0.565. The van der Waals surface area contributed by atoms with E-state index in [1.165, 1.54) is 23.5 Å². The van der Waals surface area contributed by atoms with E-state index in [2.05, 4.69) is 10.6 Å². The topological polar surface area (TPSA) is 105 Å². The van der Waals surface area contributed by atoms with Crippen LogP contribution in [0.1, 0.15) is 19.8 Å². The van der Waals surface area contributed by atoms with Gasteiger partial charge in [-0.25, -0.2) is 8.42 Å². The Morgan fingerprint density at radius 2 is 1.78 bits per heavy atom. The zero-order valence-corrected chi connectivity index (χ0v) is 19.4. The Bertz CT molecular complexity index is 1060. The molecule has 1 fully saturated rings. The first kappa shape index (κ1) is 24.0. The van der Waals surface area contributed by atoms with E-state index in [1.54, 1.807) is 43.3 Å². The molecule has 32 heavy (non-hydrogen) atoms. The second-order valence-electron chi connectivity index (χ2n) is 7.60. The normalized spacial score (nSPS) is 17.9. The SMILES string of the molecule is COc1ccc(S(=O)(=O)N2CCCC(C(=O)N[C@@H](C)C(=O)Nc3ccc(Cl)cc3)C2)cc1. The summed E-state index contributed by atoms with van der Waals surface area (Å²) in [4.78, 5) is 25.3. The Kier molecular flexibility index (Phi) is 7.76. The van der Waals surface area contributed by atoms with E-state index in [0.29, 0.717) is 35.8 Å². The van der Waals surface area contributed by atoms with Crippen LogP contribution in [0.4, 0.5) is 5.69 Å². The lowest BCUT2D eigenvalue weighted by Gasteiger charge is -2.31. The van der Waals surface area contributed by atoms with Crippen molar-refractivity contribution >= 4 is 39.1 Å². The molecule has 172 valence electrons. The zero-order chi connectivity index (χ0) is 23.3. The van der Waals surface area contributed by atoms with Crippen LogP contribution in [0, 0.1) is 5.92 Å². The molecule has 2 amide bonds. The fourth-order valence-electron chi connectivity index (χ4n) is 3.45. The second kappa shape index (κ2) is 10.3. The molecule has 0 spiro atoms. The summed E-state index contributed by atoms with van der Waals surface area (Å²) in [6.07, 6.45) is 1.10. The average molecular weight is 480 g/mol. The maximum absolute atomic E-state index is 13.0. The molecule has 8 nitrogen and oxygen atoms in total. The Balaban J connectivity index is 1.60. The summed E-state index contributed by atoms with van der Waals surface area (Å²) in [5, 5.41) is 5.96. The minimum Gasteiger partial charge on any atom is -0.497 e. The predicted octanol–water partition coefficient (Wildman–Crippen LogP) is 2.89. The van der Waals surface area contributed by atoms with E-state index in [-0.39, 0.29) is 23.3 Å². The Morgan fingerprint density at radius 1 is 1.12 bits per heavy atom. The molecule has 1 saturated heterocycles. The maximum atomic E-state index is 13.0. The van der Waals surface area contributed by atoms with Gasteiger partial charge in [0.15, 0.2) is 0 Å². The summed E-state index contributed by atoms with van der Waals surface area (Å²) in [6, 6.07) is 12.0. The van der Waals surface area contributed by atoms with Crippen LogP contribution in [0.15, 0.2) is 53.4 Å². The second-order valence-corrected chi connectivity index (χ2v) is 9.98. The van der Waals surface area contributed by atoms with Crippen LogP contribution in [-0.4, -0.2) is 50.8 Å². The number of anilines is 1. The minimum atomic E-state index is -3.73. The van der Waals surface area contributed by atoms with E-state index in [1.807, 2.05) is 0 Å². The van der Waals surface area contributed by atoms with Crippen molar-refractivity contribution in [3.8, 4) is 5.75 Å². The number of amides is 2. The number of halogens is 1. The molecule has 2 aromatic rings. The number of benzene rings is 2. The average Bonchev–Trinajstić information content (AvgIpc) is 2.80. The number of rotatable bonds is 7. The van der Waals surface area contributed by atoms with Gasteiger partial charge >= 0.3 is 0 Å². The third kappa shape index (κ3) is 5.79. The van der Waals surface area contributed by atoms with Gasteiger partial charge in [0.25, 0.3) is 0 Å². The highest BCUT2D eigenvalue weighted by Crippen LogP contribution is 2.25. The molecule has 1 aliphatic rings. The van der Waals surface area contributed by atoms with Crippen LogP contribution >= 0.6 is 11.6 Å². The highest BCUT2D eigenvalue weighted by molar-refractivity contribution is 7.89. The largest absolute Gasteiger partial charge is 0.497 e. The lowest BCUT2D eigenvalue weighted by atomic mass is 9.98. The van der Waals surface area contributed by atoms with Gasteiger partial charge in [0.1, 0.15) is 11.8 Å². The number of piperidine rings is 1. The predicted molar refractivity (Wildman–Crippen MR) is 122 cm³/mol. The third-order valence-electron chi connectivity index (χ3n) is 5.32. The van der Waals surface area contributed by atoms with Crippen molar-refractivity contribution in [3.63, 3.8) is 0 Å². The molecule has 1 heterocycles. The minimum absolute atomic E-state index is 0.0612. The summed E-state index contributed by atoms with van der Waals surface area (Å²) in [6.45, 7) is 1.98. The standard InChI is InChI=1S/C22H26ClN3O5S/c1-15(21(27)25-18-7-5-17(23)6-8-18)24-22(28)16-4-3-13-26(14-16)32(29,30)20-11-9-19(31-2)10-12-20/h5-12,15-16H,3-4,13-14H2,1-2H3,(H,24,28)(H,25,27)/t15-,16?/m0/s1. The monoisotopic (exact) mass is 479 g/mol. The highest BCUT2D eigenvalue weighted by atomic mass is 35.5. The Morgan fingerprint density at radius 3 is 2.41 bits per heavy atom. The molecular weight excluding hydrogens is 454 g/mol. The molecule has 0 bridgehead atoms. The number of ether oxygens (including phenoxy) is 1. The molecule has 1 aliphatic heterocycles. The molecule has 3 rings (SSSR count). The molecule has 2 atom stereocenters. The maximum Gasteiger partial charge on any atom is 0.246 e. The number of hydrogen-bond acceptors (Lipinski definition) is 5. The summed E-state index contributed by atoms with van der Waals surface area (Å²) < 4.78 is 32.4. The first-order valence-corrected chi connectivity index (χ1v) is 12.0. The van der Waals surface area contributed by atoms with Gasteiger partial charge in [-0.1, -0.05) is 11.6 Å². The third-order valence-corrected chi connectivity index (χ3v) is 7.45. The Labute approximate surface area is 192 Å². The van der Waals surface area contributed by atoms with Crippen molar-refractivity contribution in [3.05, 3.63) is 53.6 Å². The van der Waals surface area contributed by atoms with E-state index in [0.717, 1.165) is 0 Å². The van der Waals surface area contributed by atoms with Crippen molar-refractivity contribution in [1.29, 1.82) is 0 Å². The van der Waals surface area contributed by atoms with Crippen LogP contribution in [0.3, 0.4) is 0 Å². The molecule has 1 unspecified atom stereocenters. The number of nitrogens with one attached hydrogen (secondary N) is 2. The van der Waals surface area contributed by atoms with Crippen LogP contribution in [0.25, 0.3) is 0 Å². The number of nitrogens with zero attached hydrogens (tertiary/aromatic N) is 1. The molecule has 10 heteroatoms. The number of carbonyl (C=O) groups is 2. The van der Waals surface area contributed by atoms with E-state index < -0.39 is 22.0 Å². The van der Waals surface area contributed by atoms with Crippen LogP contribution < -0.4 is 15.4 Å². The molecule has 2 N–H and O–H groups in total. The Hall–Kier alpha value is -2.62. The molecule has 0 aliphatic carbocycles. The fourth-order valence-corrected chi connectivity index (χ4v) is 5.10. The van der Waals surface area contributed by atoms with Gasteiger partial charge in [-0.05, 0) is 68.3 Å². The van der Waals surface area contributed by atoms with E-state index >= 15 is 0 Å². The van der Waals surface area contributed by atoms with Gasteiger partial charge in [-0.15, -0.1) is 0 Å². The molecule has 0 radical (unpaired) electrons. The van der Waals surface area contributed by atoms with Crippen molar-refractivity contribution in [2.75, 3.05) is 25.5 Å². The van der Waals surface area contributed by atoms with Crippen LogP contribution in [-0.2, 0) is 19.6 Å². The molecule has 2 aromatic carbocycles. The first-order chi connectivity index (χ1) is 15.2. The van der Waals surface area contributed by atoms with E-state index in [4.69, 9.17) is 16.3 Å². The molecular formula is C22H26ClN3O5S. The smallest absolute Gasteiger partial charge is 0.246 e.